The van der Waals surface area contributed by atoms with Crippen LogP contribution in [-0.2, 0) is 19.6 Å². The maximum absolute atomic E-state index is 12.5. The van der Waals surface area contributed by atoms with Crippen LogP contribution in [0.4, 0.5) is 5.69 Å². The number of rotatable bonds is 6. The molecule has 1 saturated carbocycles. The summed E-state index contributed by atoms with van der Waals surface area (Å²) in [5.41, 5.74) is 0.237. The van der Waals surface area contributed by atoms with Crippen LogP contribution in [0.25, 0.3) is 0 Å². The van der Waals surface area contributed by atoms with Crippen LogP contribution in [0.1, 0.15) is 48.9 Å². The molecule has 1 fully saturated rings. The Kier molecular flexibility index (Phi) is 7.02. The molecule has 1 amide bonds. The van der Waals surface area contributed by atoms with Gasteiger partial charge < -0.3 is 10.1 Å². The van der Waals surface area contributed by atoms with Crippen molar-refractivity contribution in [2.24, 2.45) is 0 Å². The minimum absolute atomic E-state index is 0.0715. The molecule has 1 aliphatic rings. The first-order chi connectivity index (χ1) is 12.3. The lowest BCUT2D eigenvalue weighted by molar-refractivity contribution is -0.120. The molecule has 2 rings (SSSR count). The summed E-state index contributed by atoms with van der Waals surface area (Å²) < 4.78 is 30.2. The number of methoxy groups -OCH3 is 1. The zero-order valence-electron chi connectivity index (χ0n) is 15.2. The Labute approximate surface area is 154 Å². The number of ether oxygens (including phenoxy) is 1. The quantitative estimate of drug-likeness (QED) is 0.601. The molecule has 8 heteroatoms. The average Bonchev–Trinajstić information content (AvgIpc) is 2.86. The first-order valence-corrected chi connectivity index (χ1v) is 10.6. The number of anilines is 1. The Morgan fingerprint density at radius 2 is 1.77 bits per heavy atom. The first-order valence-electron chi connectivity index (χ1n) is 8.77. The summed E-state index contributed by atoms with van der Waals surface area (Å²) in [5, 5.41) is 2.93. The minimum Gasteiger partial charge on any atom is -0.465 e. The third kappa shape index (κ3) is 5.45. The third-order valence-electron chi connectivity index (χ3n) is 4.49. The Morgan fingerprint density at radius 3 is 2.35 bits per heavy atom. The maximum Gasteiger partial charge on any atom is 0.340 e. The fourth-order valence-electron chi connectivity index (χ4n) is 3.18. The van der Waals surface area contributed by atoms with Crippen LogP contribution in [0, 0.1) is 0 Å². The highest BCUT2D eigenvalue weighted by Crippen LogP contribution is 2.24. The van der Waals surface area contributed by atoms with E-state index in [1.807, 2.05) is 0 Å². The molecule has 0 saturated heterocycles. The SMILES string of the molecule is COC(=O)c1ccccc1N(CC(=O)NC1CCCCCC1)S(C)(=O)=O. The standard InChI is InChI=1S/C18H26N2O5S/c1-25-18(22)15-11-7-8-12-16(15)20(26(2,23)24)13-17(21)19-14-9-5-3-4-6-10-14/h7-8,11-12,14H,3-6,9-10,13H2,1-2H3,(H,19,21). The number of nitrogens with one attached hydrogen (secondary N) is 1. The largest absolute Gasteiger partial charge is 0.465 e. The van der Waals surface area contributed by atoms with Gasteiger partial charge in [-0.05, 0) is 25.0 Å². The lowest BCUT2D eigenvalue weighted by Gasteiger charge is -2.25. The number of carbonyl (C=O) groups is 2. The molecule has 0 aliphatic heterocycles. The fourth-order valence-corrected chi connectivity index (χ4v) is 4.05. The summed E-state index contributed by atoms with van der Waals surface area (Å²) in [6, 6.07) is 6.27. The van der Waals surface area contributed by atoms with Gasteiger partial charge in [0.25, 0.3) is 0 Å². The van der Waals surface area contributed by atoms with Gasteiger partial charge in [0.15, 0.2) is 0 Å². The predicted molar refractivity (Wildman–Crippen MR) is 99.6 cm³/mol. The van der Waals surface area contributed by atoms with E-state index in [2.05, 4.69) is 5.32 Å². The number of para-hydroxylation sites is 1. The summed E-state index contributed by atoms with van der Waals surface area (Å²) in [6.07, 6.45) is 7.27. The van der Waals surface area contributed by atoms with E-state index < -0.39 is 16.0 Å². The van der Waals surface area contributed by atoms with Crippen LogP contribution < -0.4 is 9.62 Å². The molecule has 0 aromatic heterocycles. The van der Waals surface area contributed by atoms with Crippen molar-refractivity contribution in [3.8, 4) is 0 Å². The van der Waals surface area contributed by atoms with Crippen molar-refractivity contribution in [1.82, 2.24) is 5.32 Å². The molecule has 0 atom stereocenters. The molecule has 1 N–H and O–H groups in total. The normalized spacial score (nSPS) is 15.8. The number of carbonyl (C=O) groups excluding carboxylic acids is 2. The maximum atomic E-state index is 12.5. The fraction of sp³-hybridized carbons (Fsp3) is 0.556. The van der Waals surface area contributed by atoms with E-state index in [-0.39, 0.29) is 29.7 Å². The van der Waals surface area contributed by atoms with Crippen molar-refractivity contribution in [3.05, 3.63) is 29.8 Å². The van der Waals surface area contributed by atoms with Crippen molar-refractivity contribution in [2.45, 2.75) is 44.6 Å². The summed E-state index contributed by atoms with van der Waals surface area (Å²) in [5.74, 6) is -1.03. The molecule has 26 heavy (non-hydrogen) atoms. The molecule has 0 radical (unpaired) electrons. The van der Waals surface area contributed by atoms with Crippen molar-refractivity contribution in [3.63, 3.8) is 0 Å². The van der Waals surface area contributed by atoms with E-state index in [9.17, 15) is 18.0 Å². The van der Waals surface area contributed by atoms with Gasteiger partial charge in [0, 0.05) is 6.04 Å². The molecule has 0 spiro atoms. The van der Waals surface area contributed by atoms with Crippen LogP contribution in [0.5, 0.6) is 0 Å². The van der Waals surface area contributed by atoms with E-state index in [0.29, 0.717) is 0 Å². The highest BCUT2D eigenvalue weighted by molar-refractivity contribution is 7.92. The monoisotopic (exact) mass is 382 g/mol. The van der Waals surface area contributed by atoms with Crippen LogP contribution in [0.2, 0.25) is 0 Å². The highest BCUT2D eigenvalue weighted by Gasteiger charge is 2.26. The Bertz CT molecular complexity index is 740. The van der Waals surface area contributed by atoms with Crippen LogP contribution in [0.15, 0.2) is 24.3 Å². The number of esters is 1. The van der Waals surface area contributed by atoms with Gasteiger partial charge in [-0.25, -0.2) is 13.2 Å². The van der Waals surface area contributed by atoms with Gasteiger partial charge in [0.05, 0.1) is 24.6 Å². The van der Waals surface area contributed by atoms with Gasteiger partial charge >= 0.3 is 5.97 Å². The van der Waals surface area contributed by atoms with Gasteiger partial charge in [0.2, 0.25) is 15.9 Å². The zero-order valence-corrected chi connectivity index (χ0v) is 16.0. The molecule has 7 nitrogen and oxygen atoms in total. The van der Waals surface area contributed by atoms with Crippen molar-refractivity contribution in [2.75, 3.05) is 24.2 Å². The zero-order chi connectivity index (χ0) is 19.2. The molecule has 0 unspecified atom stereocenters. The number of nitrogens with zero attached hydrogens (tertiary/aromatic N) is 1. The van der Waals surface area contributed by atoms with Crippen molar-refractivity contribution in [1.29, 1.82) is 0 Å². The summed E-state index contributed by atoms with van der Waals surface area (Å²) in [7, 11) is -2.54. The molecule has 144 valence electrons. The Hall–Kier alpha value is -2.09. The average molecular weight is 382 g/mol. The first kappa shape index (κ1) is 20.2. The Balaban J connectivity index is 2.21. The number of hydrogen-bond acceptors (Lipinski definition) is 5. The summed E-state index contributed by atoms with van der Waals surface area (Å²) in [6.45, 7) is -0.372. The molecule has 0 heterocycles. The molecule has 1 aromatic rings. The second-order valence-electron chi connectivity index (χ2n) is 6.53. The summed E-state index contributed by atoms with van der Waals surface area (Å²) >= 11 is 0. The third-order valence-corrected chi connectivity index (χ3v) is 5.61. The van der Waals surface area contributed by atoms with Crippen LogP contribution in [-0.4, -0.2) is 46.2 Å². The van der Waals surface area contributed by atoms with Gasteiger partial charge in [-0.3, -0.25) is 9.10 Å². The van der Waals surface area contributed by atoms with Gasteiger partial charge in [0.1, 0.15) is 6.54 Å². The lowest BCUT2D eigenvalue weighted by atomic mass is 10.1. The van der Waals surface area contributed by atoms with Crippen LogP contribution >= 0.6 is 0 Å². The second-order valence-corrected chi connectivity index (χ2v) is 8.44. The van der Waals surface area contributed by atoms with Gasteiger partial charge in [-0.2, -0.15) is 0 Å². The topological polar surface area (TPSA) is 92.8 Å². The molecule has 0 bridgehead atoms. The van der Waals surface area contributed by atoms with E-state index in [4.69, 9.17) is 4.74 Å². The van der Waals surface area contributed by atoms with E-state index in [0.717, 1.165) is 49.1 Å². The number of amides is 1. The molecule has 1 aromatic carbocycles. The van der Waals surface area contributed by atoms with Crippen LogP contribution in [0.3, 0.4) is 0 Å². The number of benzene rings is 1. The summed E-state index contributed by atoms with van der Waals surface area (Å²) in [4.78, 5) is 24.4. The van der Waals surface area contributed by atoms with E-state index in [1.54, 1.807) is 12.1 Å². The number of hydrogen-bond donors (Lipinski definition) is 1. The lowest BCUT2D eigenvalue weighted by Crippen LogP contribution is -2.44. The van der Waals surface area contributed by atoms with Gasteiger partial charge in [-0.15, -0.1) is 0 Å². The molecular formula is C18H26N2O5S. The van der Waals surface area contributed by atoms with Crippen molar-refractivity contribution < 1.29 is 22.7 Å². The van der Waals surface area contributed by atoms with E-state index >= 15 is 0 Å². The van der Waals surface area contributed by atoms with Crippen molar-refractivity contribution >= 4 is 27.6 Å². The molecule has 1 aliphatic carbocycles. The minimum atomic E-state index is -3.76. The second kappa shape index (κ2) is 9.02. The number of sulfonamides is 1. The molecular weight excluding hydrogens is 356 g/mol. The van der Waals surface area contributed by atoms with E-state index in [1.165, 1.54) is 19.2 Å². The highest BCUT2D eigenvalue weighted by atomic mass is 32.2. The van der Waals surface area contributed by atoms with Gasteiger partial charge in [-0.1, -0.05) is 37.8 Å². The smallest absolute Gasteiger partial charge is 0.340 e. The Morgan fingerprint density at radius 1 is 1.15 bits per heavy atom. The predicted octanol–water partition coefficient (Wildman–Crippen LogP) is 2.08.